The number of nitrogens with zero attached hydrogens (tertiary/aromatic N) is 3. The molecule has 2 heterocycles. The Kier molecular flexibility index (Phi) is 6.36. The molecule has 0 atom stereocenters. The van der Waals surface area contributed by atoms with Gasteiger partial charge in [0.2, 0.25) is 5.91 Å². The maximum atomic E-state index is 14.4. The predicted molar refractivity (Wildman–Crippen MR) is 112 cm³/mol. The largest absolute Gasteiger partial charge is 0.323 e. The number of carbonyl (C=O) groups excluding carboxylic acids is 1. The smallest absolute Gasteiger partial charge is 0.267 e. The van der Waals surface area contributed by atoms with E-state index in [2.05, 4.69) is 15.3 Å². The quantitative estimate of drug-likeness (QED) is 0.643. The summed E-state index contributed by atoms with van der Waals surface area (Å²) in [4.78, 5) is 34.1. The molecule has 0 fully saturated rings. The summed E-state index contributed by atoms with van der Waals surface area (Å²) in [5.41, 5.74) is 0.565. The lowest BCUT2D eigenvalue weighted by Crippen LogP contribution is -2.25. The highest BCUT2D eigenvalue weighted by Crippen LogP contribution is 2.22. The SMILES string of the molecule is CCCC(CCC)C(=O)Nc1cc(-n2c(C)nc3ncccc3c2=O)ccc1F. The van der Waals surface area contributed by atoms with Crippen LogP contribution in [0.15, 0.2) is 41.3 Å². The van der Waals surface area contributed by atoms with Crippen molar-refractivity contribution in [3.8, 4) is 5.69 Å². The number of benzene rings is 1. The average molecular weight is 396 g/mol. The van der Waals surface area contributed by atoms with Crippen LogP contribution >= 0.6 is 0 Å². The molecular weight excluding hydrogens is 371 g/mol. The molecule has 1 N–H and O–H groups in total. The van der Waals surface area contributed by atoms with Crippen molar-refractivity contribution >= 4 is 22.6 Å². The molecule has 7 heteroatoms. The number of nitrogens with one attached hydrogen (secondary N) is 1. The first-order valence-electron chi connectivity index (χ1n) is 9.91. The van der Waals surface area contributed by atoms with Gasteiger partial charge in [0.1, 0.15) is 11.6 Å². The number of hydrogen-bond donors (Lipinski definition) is 1. The number of halogens is 1. The zero-order valence-electron chi connectivity index (χ0n) is 16.9. The third-order valence-corrected chi connectivity index (χ3v) is 4.92. The fraction of sp³-hybridized carbons (Fsp3) is 0.364. The summed E-state index contributed by atoms with van der Waals surface area (Å²) >= 11 is 0. The van der Waals surface area contributed by atoms with E-state index < -0.39 is 5.82 Å². The van der Waals surface area contributed by atoms with Crippen molar-refractivity contribution in [2.75, 3.05) is 5.32 Å². The minimum atomic E-state index is -0.546. The van der Waals surface area contributed by atoms with Gasteiger partial charge in [0.05, 0.1) is 16.8 Å². The van der Waals surface area contributed by atoms with E-state index in [0.29, 0.717) is 22.5 Å². The Morgan fingerprint density at radius 2 is 1.93 bits per heavy atom. The first-order valence-corrected chi connectivity index (χ1v) is 9.91. The van der Waals surface area contributed by atoms with Crippen molar-refractivity contribution in [3.05, 3.63) is 58.5 Å². The summed E-state index contributed by atoms with van der Waals surface area (Å²) in [5, 5.41) is 3.08. The van der Waals surface area contributed by atoms with Crippen LogP contribution in [0.1, 0.15) is 45.4 Å². The fourth-order valence-electron chi connectivity index (χ4n) is 3.51. The van der Waals surface area contributed by atoms with Crippen LogP contribution in [0.25, 0.3) is 16.7 Å². The standard InChI is InChI=1S/C22H25FN4O2/c1-4-7-15(8-5-2)21(28)26-19-13-16(10-11-18(19)23)27-14(3)25-20-17(22(27)29)9-6-12-24-20/h6,9-13,15H,4-5,7-8H2,1-3H3,(H,26,28). The van der Waals surface area contributed by atoms with Crippen LogP contribution in [-0.4, -0.2) is 20.4 Å². The van der Waals surface area contributed by atoms with Crippen LogP contribution in [0.3, 0.4) is 0 Å². The summed E-state index contributed by atoms with van der Waals surface area (Å²) in [5.74, 6) is -0.476. The highest BCUT2D eigenvalue weighted by atomic mass is 19.1. The zero-order chi connectivity index (χ0) is 21.0. The van der Waals surface area contributed by atoms with Crippen LogP contribution in [0.5, 0.6) is 0 Å². The van der Waals surface area contributed by atoms with Gasteiger partial charge in [0.15, 0.2) is 5.65 Å². The molecule has 0 aliphatic rings. The van der Waals surface area contributed by atoms with Crippen molar-refractivity contribution < 1.29 is 9.18 Å². The lowest BCUT2D eigenvalue weighted by molar-refractivity contribution is -0.120. The number of rotatable bonds is 7. The molecule has 3 aromatic rings. The molecule has 1 aromatic carbocycles. The highest BCUT2D eigenvalue weighted by Gasteiger charge is 2.19. The number of carbonyl (C=O) groups is 1. The van der Waals surface area contributed by atoms with Gasteiger partial charge in [-0.15, -0.1) is 0 Å². The third kappa shape index (κ3) is 4.34. The van der Waals surface area contributed by atoms with Crippen LogP contribution in [-0.2, 0) is 4.79 Å². The summed E-state index contributed by atoms with van der Waals surface area (Å²) in [7, 11) is 0. The second-order valence-electron chi connectivity index (χ2n) is 7.10. The lowest BCUT2D eigenvalue weighted by Gasteiger charge is -2.17. The van der Waals surface area contributed by atoms with Crippen LogP contribution < -0.4 is 10.9 Å². The molecule has 152 valence electrons. The second-order valence-corrected chi connectivity index (χ2v) is 7.10. The van der Waals surface area contributed by atoms with Gasteiger partial charge >= 0.3 is 0 Å². The second kappa shape index (κ2) is 8.94. The molecular formula is C22H25FN4O2. The monoisotopic (exact) mass is 396 g/mol. The number of hydrogen-bond acceptors (Lipinski definition) is 4. The van der Waals surface area contributed by atoms with Crippen molar-refractivity contribution in [2.45, 2.75) is 46.5 Å². The number of amides is 1. The van der Waals surface area contributed by atoms with Crippen LogP contribution in [0.2, 0.25) is 0 Å². The van der Waals surface area contributed by atoms with E-state index in [1.165, 1.54) is 22.8 Å². The van der Waals surface area contributed by atoms with E-state index in [0.717, 1.165) is 25.7 Å². The Bertz CT molecular complexity index is 1090. The van der Waals surface area contributed by atoms with Gasteiger partial charge in [-0.05, 0) is 50.1 Å². The molecule has 0 bridgehead atoms. The maximum absolute atomic E-state index is 14.4. The molecule has 2 aromatic heterocycles. The first kappa shape index (κ1) is 20.6. The van der Waals surface area contributed by atoms with Gasteiger partial charge in [-0.2, -0.15) is 0 Å². The van der Waals surface area contributed by atoms with Crippen molar-refractivity contribution in [1.82, 2.24) is 14.5 Å². The van der Waals surface area contributed by atoms with Crippen molar-refractivity contribution in [2.24, 2.45) is 5.92 Å². The highest BCUT2D eigenvalue weighted by molar-refractivity contribution is 5.93. The fourth-order valence-corrected chi connectivity index (χ4v) is 3.51. The van der Waals surface area contributed by atoms with Gasteiger partial charge < -0.3 is 5.32 Å². The summed E-state index contributed by atoms with van der Waals surface area (Å²) in [6, 6.07) is 7.54. The molecule has 0 saturated heterocycles. The molecule has 0 spiro atoms. The van der Waals surface area contributed by atoms with Gasteiger partial charge in [-0.25, -0.2) is 14.4 Å². The number of aromatic nitrogens is 3. The van der Waals surface area contributed by atoms with Crippen LogP contribution in [0, 0.1) is 18.7 Å². The Hall–Kier alpha value is -3.09. The van der Waals surface area contributed by atoms with Gasteiger partial charge in [0.25, 0.3) is 5.56 Å². The molecule has 0 radical (unpaired) electrons. The summed E-state index contributed by atoms with van der Waals surface area (Å²) in [6.07, 6.45) is 4.84. The molecule has 3 rings (SSSR count). The minimum Gasteiger partial charge on any atom is -0.323 e. The van der Waals surface area contributed by atoms with Gasteiger partial charge in [-0.3, -0.25) is 14.2 Å². The van der Waals surface area contributed by atoms with E-state index in [4.69, 9.17) is 0 Å². The molecule has 1 amide bonds. The summed E-state index contributed by atoms with van der Waals surface area (Å²) < 4.78 is 15.8. The van der Waals surface area contributed by atoms with Gasteiger partial charge in [-0.1, -0.05) is 26.7 Å². The van der Waals surface area contributed by atoms with E-state index in [-0.39, 0.29) is 23.1 Å². The molecule has 0 aliphatic heterocycles. The Balaban J connectivity index is 2.01. The zero-order valence-corrected chi connectivity index (χ0v) is 16.9. The van der Waals surface area contributed by atoms with Crippen molar-refractivity contribution in [1.29, 1.82) is 0 Å². The average Bonchev–Trinajstić information content (AvgIpc) is 2.70. The first-order chi connectivity index (χ1) is 14.0. The van der Waals surface area contributed by atoms with E-state index >= 15 is 0 Å². The van der Waals surface area contributed by atoms with Crippen LogP contribution in [0.4, 0.5) is 10.1 Å². The Morgan fingerprint density at radius 3 is 2.62 bits per heavy atom. The topological polar surface area (TPSA) is 76.9 Å². The van der Waals surface area contributed by atoms with Crippen molar-refractivity contribution in [3.63, 3.8) is 0 Å². The molecule has 0 saturated carbocycles. The number of aryl methyl sites for hydroxylation is 1. The van der Waals surface area contributed by atoms with E-state index in [9.17, 15) is 14.0 Å². The molecule has 6 nitrogen and oxygen atoms in total. The Morgan fingerprint density at radius 1 is 1.21 bits per heavy atom. The minimum absolute atomic E-state index is 0.0577. The summed E-state index contributed by atoms with van der Waals surface area (Å²) in [6.45, 7) is 5.73. The maximum Gasteiger partial charge on any atom is 0.267 e. The third-order valence-electron chi connectivity index (χ3n) is 4.92. The molecule has 29 heavy (non-hydrogen) atoms. The number of anilines is 1. The molecule has 0 aliphatic carbocycles. The van der Waals surface area contributed by atoms with Gasteiger partial charge in [0, 0.05) is 12.1 Å². The Labute approximate surface area is 168 Å². The normalized spacial score (nSPS) is 11.2. The molecule has 0 unspecified atom stereocenters. The predicted octanol–water partition coefficient (Wildman–Crippen LogP) is 4.38. The van der Waals surface area contributed by atoms with E-state index in [1.54, 1.807) is 25.3 Å². The number of pyridine rings is 1. The van der Waals surface area contributed by atoms with E-state index in [1.807, 2.05) is 13.8 Å². The lowest BCUT2D eigenvalue weighted by atomic mass is 9.97. The number of fused-ring (bicyclic) bond motifs is 1.